The highest BCUT2D eigenvalue weighted by molar-refractivity contribution is 6.01. The van der Waals surface area contributed by atoms with Crippen LogP contribution in [0.1, 0.15) is 49.1 Å². The van der Waals surface area contributed by atoms with E-state index in [-0.39, 0.29) is 24.0 Å². The summed E-state index contributed by atoms with van der Waals surface area (Å²) in [6.45, 7) is 13.0. The lowest BCUT2D eigenvalue weighted by Crippen LogP contribution is -2.45. The number of hydrogen-bond donors (Lipinski definition) is 1. The quantitative estimate of drug-likeness (QED) is 0.903. The number of benzene rings is 1. The Morgan fingerprint density at radius 2 is 1.65 bits per heavy atom. The fourth-order valence-corrected chi connectivity index (χ4v) is 3.80. The highest BCUT2D eigenvalue weighted by Crippen LogP contribution is 2.38. The van der Waals surface area contributed by atoms with E-state index >= 15 is 0 Å². The van der Waals surface area contributed by atoms with Gasteiger partial charge >= 0.3 is 6.03 Å². The summed E-state index contributed by atoms with van der Waals surface area (Å²) in [5, 5.41) is 3.04. The normalized spacial score (nSPS) is 21.5. The van der Waals surface area contributed by atoms with Gasteiger partial charge in [0.25, 0.3) is 5.91 Å². The number of hydrogen-bond acceptors (Lipinski definition) is 2. The van der Waals surface area contributed by atoms with E-state index in [1.165, 1.54) is 11.1 Å². The van der Waals surface area contributed by atoms with Crippen molar-refractivity contribution in [1.29, 1.82) is 0 Å². The predicted octanol–water partition coefficient (Wildman–Crippen LogP) is 3.45. The third-order valence-electron chi connectivity index (χ3n) is 6.04. The van der Waals surface area contributed by atoms with E-state index in [0.29, 0.717) is 18.0 Å². The number of aryl methyl sites for hydroxylation is 3. The van der Waals surface area contributed by atoms with Gasteiger partial charge in [0, 0.05) is 13.1 Å². The standard InChI is InChI=1S/C21H29N3O2/c1-11(2)15(6)24-10-17-18(20(24)25)19(22-21(26)23(17)7)16-9-13(4)12(3)8-14(16)5/h8-9,11,15,19H,10H2,1-7H3,(H,22,26). The molecule has 0 fully saturated rings. The van der Waals surface area contributed by atoms with Gasteiger partial charge < -0.3 is 10.2 Å². The maximum absolute atomic E-state index is 13.3. The zero-order chi connectivity index (χ0) is 19.3. The molecule has 0 bridgehead atoms. The van der Waals surface area contributed by atoms with Crippen molar-refractivity contribution >= 4 is 11.9 Å². The first-order valence-electron chi connectivity index (χ1n) is 9.29. The van der Waals surface area contributed by atoms with E-state index in [4.69, 9.17) is 0 Å². The van der Waals surface area contributed by atoms with Gasteiger partial charge in [-0.05, 0) is 55.9 Å². The maximum Gasteiger partial charge on any atom is 0.322 e. The van der Waals surface area contributed by atoms with Gasteiger partial charge in [0.15, 0.2) is 0 Å². The van der Waals surface area contributed by atoms with E-state index in [1.807, 2.05) is 11.8 Å². The average Bonchev–Trinajstić information content (AvgIpc) is 2.91. The molecule has 26 heavy (non-hydrogen) atoms. The molecule has 2 atom stereocenters. The monoisotopic (exact) mass is 355 g/mol. The van der Waals surface area contributed by atoms with Crippen LogP contribution in [0, 0.1) is 26.7 Å². The molecule has 1 aromatic rings. The second-order valence-corrected chi connectivity index (χ2v) is 8.01. The summed E-state index contributed by atoms with van der Waals surface area (Å²) in [5.41, 5.74) is 6.03. The molecule has 2 unspecified atom stereocenters. The summed E-state index contributed by atoms with van der Waals surface area (Å²) in [4.78, 5) is 29.3. The van der Waals surface area contributed by atoms with Gasteiger partial charge in [-0.1, -0.05) is 26.0 Å². The highest BCUT2D eigenvalue weighted by Gasteiger charge is 2.44. The average molecular weight is 355 g/mol. The number of carbonyl (C=O) groups is 2. The van der Waals surface area contributed by atoms with Crippen molar-refractivity contribution in [3.05, 3.63) is 45.7 Å². The third kappa shape index (κ3) is 2.79. The topological polar surface area (TPSA) is 52.7 Å². The lowest BCUT2D eigenvalue weighted by atomic mass is 9.90. The van der Waals surface area contributed by atoms with Crippen molar-refractivity contribution in [1.82, 2.24) is 15.1 Å². The van der Waals surface area contributed by atoms with Crippen LogP contribution in [0.5, 0.6) is 0 Å². The molecule has 0 saturated carbocycles. The number of carbonyl (C=O) groups excluding carboxylic acids is 2. The number of amides is 3. The molecule has 140 valence electrons. The van der Waals surface area contributed by atoms with Crippen LogP contribution in [0.2, 0.25) is 0 Å². The number of nitrogens with zero attached hydrogens (tertiary/aromatic N) is 2. The van der Waals surface area contributed by atoms with Gasteiger partial charge in [0.05, 0.1) is 23.9 Å². The Hall–Kier alpha value is -2.30. The summed E-state index contributed by atoms with van der Waals surface area (Å²) in [6, 6.07) is 3.82. The molecule has 2 heterocycles. The molecule has 2 aliphatic heterocycles. The van der Waals surface area contributed by atoms with Gasteiger partial charge in [0.1, 0.15) is 0 Å². The molecule has 5 nitrogen and oxygen atoms in total. The Morgan fingerprint density at radius 3 is 2.27 bits per heavy atom. The van der Waals surface area contributed by atoms with Crippen LogP contribution in [0.4, 0.5) is 4.79 Å². The van der Waals surface area contributed by atoms with Gasteiger partial charge in [-0.3, -0.25) is 9.69 Å². The molecule has 5 heteroatoms. The van der Waals surface area contributed by atoms with Gasteiger partial charge in [-0.25, -0.2) is 4.79 Å². The minimum Gasteiger partial charge on any atom is -0.330 e. The molecule has 1 N–H and O–H groups in total. The Morgan fingerprint density at radius 1 is 1.04 bits per heavy atom. The maximum atomic E-state index is 13.3. The van der Waals surface area contributed by atoms with Gasteiger partial charge in [-0.2, -0.15) is 0 Å². The lowest BCUT2D eigenvalue weighted by Gasteiger charge is -2.32. The molecule has 3 rings (SSSR count). The fraction of sp³-hybridized carbons (Fsp3) is 0.524. The van der Waals surface area contributed by atoms with Crippen LogP contribution in [-0.4, -0.2) is 41.4 Å². The number of rotatable bonds is 3. The van der Waals surface area contributed by atoms with Crippen LogP contribution in [-0.2, 0) is 4.79 Å². The second-order valence-electron chi connectivity index (χ2n) is 8.01. The third-order valence-corrected chi connectivity index (χ3v) is 6.04. The Kier molecular flexibility index (Phi) is 4.59. The molecule has 0 radical (unpaired) electrons. The summed E-state index contributed by atoms with van der Waals surface area (Å²) in [7, 11) is 1.74. The summed E-state index contributed by atoms with van der Waals surface area (Å²) in [6.07, 6.45) is 0. The smallest absolute Gasteiger partial charge is 0.322 e. The van der Waals surface area contributed by atoms with E-state index in [9.17, 15) is 9.59 Å². The first-order chi connectivity index (χ1) is 12.1. The Balaban J connectivity index is 2.09. The number of urea groups is 1. The minimum absolute atomic E-state index is 0.0377. The summed E-state index contributed by atoms with van der Waals surface area (Å²) >= 11 is 0. The molecule has 1 aromatic carbocycles. The fourth-order valence-electron chi connectivity index (χ4n) is 3.80. The van der Waals surface area contributed by atoms with Crippen molar-refractivity contribution in [2.75, 3.05) is 13.6 Å². The van der Waals surface area contributed by atoms with E-state index in [2.05, 4.69) is 52.1 Å². The van der Waals surface area contributed by atoms with E-state index in [1.54, 1.807) is 11.9 Å². The molecule has 0 saturated heterocycles. The molecular formula is C21H29N3O2. The highest BCUT2D eigenvalue weighted by atomic mass is 16.2. The largest absolute Gasteiger partial charge is 0.330 e. The van der Waals surface area contributed by atoms with Crippen molar-refractivity contribution in [2.45, 2.75) is 53.6 Å². The molecule has 2 aliphatic rings. The molecule has 0 aliphatic carbocycles. The van der Waals surface area contributed by atoms with Crippen LogP contribution >= 0.6 is 0 Å². The van der Waals surface area contributed by atoms with Crippen molar-refractivity contribution in [2.24, 2.45) is 5.92 Å². The second kappa shape index (κ2) is 6.45. The number of likely N-dealkylation sites (N-methyl/N-ethyl adjacent to an activating group) is 1. The molecular weight excluding hydrogens is 326 g/mol. The lowest BCUT2D eigenvalue weighted by molar-refractivity contribution is -0.128. The van der Waals surface area contributed by atoms with E-state index in [0.717, 1.165) is 16.8 Å². The zero-order valence-corrected chi connectivity index (χ0v) is 16.8. The first-order valence-corrected chi connectivity index (χ1v) is 9.29. The zero-order valence-electron chi connectivity index (χ0n) is 16.8. The van der Waals surface area contributed by atoms with Crippen molar-refractivity contribution < 1.29 is 9.59 Å². The first kappa shape index (κ1) is 18.5. The summed E-state index contributed by atoms with van der Waals surface area (Å²) < 4.78 is 0. The minimum atomic E-state index is -0.384. The molecule has 0 spiro atoms. The molecule has 0 aromatic heterocycles. The van der Waals surface area contributed by atoms with Crippen LogP contribution in [0.3, 0.4) is 0 Å². The Bertz CT molecular complexity index is 810. The van der Waals surface area contributed by atoms with Crippen molar-refractivity contribution in [3.8, 4) is 0 Å². The van der Waals surface area contributed by atoms with E-state index < -0.39 is 0 Å². The SMILES string of the molecule is Cc1cc(C)c(C2NC(=O)N(C)C3=C2C(=O)N(C(C)C(C)C)C3)cc1C. The van der Waals surface area contributed by atoms with Gasteiger partial charge in [0.2, 0.25) is 0 Å². The van der Waals surface area contributed by atoms with Gasteiger partial charge in [-0.15, -0.1) is 0 Å². The Labute approximate surface area is 156 Å². The van der Waals surface area contributed by atoms with Crippen LogP contribution in [0.25, 0.3) is 0 Å². The van der Waals surface area contributed by atoms with Crippen LogP contribution in [0.15, 0.2) is 23.4 Å². The molecule has 3 amide bonds. The predicted molar refractivity (Wildman–Crippen MR) is 103 cm³/mol. The van der Waals surface area contributed by atoms with Crippen molar-refractivity contribution in [3.63, 3.8) is 0 Å². The number of nitrogens with one attached hydrogen (secondary N) is 1. The summed E-state index contributed by atoms with van der Waals surface area (Å²) in [5.74, 6) is 0.395. The van der Waals surface area contributed by atoms with Crippen LogP contribution < -0.4 is 5.32 Å².